The van der Waals surface area contributed by atoms with Crippen LogP contribution in [-0.4, -0.2) is 14.6 Å². The van der Waals surface area contributed by atoms with Crippen molar-refractivity contribution in [2.24, 2.45) is 0 Å². The van der Waals surface area contributed by atoms with E-state index >= 15 is 0 Å². The molecule has 3 rings (SSSR count). The highest BCUT2D eigenvalue weighted by atomic mass is 15.2. The summed E-state index contributed by atoms with van der Waals surface area (Å²) in [6.45, 7) is 0. The van der Waals surface area contributed by atoms with E-state index in [1.54, 1.807) is 0 Å². The van der Waals surface area contributed by atoms with Crippen molar-refractivity contribution >= 4 is 5.65 Å². The van der Waals surface area contributed by atoms with Crippen LogP contribution >= 0.6 is 0 Å². The average Bonchev–Trinajstić information content (AvgIpc) is 2.47. The first-order chi connectivity index (χ1) is 6.45. The van der Waals surface area contributed by atoms with Crippen LogP contribution in [0.25, 0.3) is 5.65 Å². The highest BCUT2D eigenvalue weighted by Crippen LogP contribution is 2.37. The summed E-state index contributed by atoms with van der Waals surface area (Å²) in [5.41, 5.74) is 2.36. The molecule has 3 nitrogen and oxygen atoms in total. The molecule has 0 spiro atoms. The second kappa shape index (κ2) is 2.55. The van der Waals surface area contributed by atoms with Crippen molar-refractivity contribution in [2.45, 2.75) is 25.2 Å². The van der Waals surface area contributed by atoms with E-state index in [9.17, 15) is 0 Å². The molecule has 1 fully saturated rings. The van der Waals surface area contributed by atoms with Crippen LogP contribution in [0.1, 0.15) is 30.7 Å². The van der Waals surface area contributed by atoms with E-state index in [-0.39, 0.29) is 0 Å². The molecule has 1 saturated carbocycles. The Morgan fingerprint density at radius 2 is 2.31 bits per heavy atom. The van der Waals surface area contributed by atoms with Crippen LogP contribution in [0.4, 0.5) is 0 Å². The van der Waals surface area contributed by atoms with Crippen molar-refractivity contribution in [3.63, 3.8) is 0 Å². The molecule has 0 aromatic carbocycles. The zero-order valence-electron chi connectivity index (χ0n) is 7.35. The Morgan fingerprint density at radius 3 is 3.08 bits per heavy atom. The second-order valence-electron chi connectivity index (χ2n) is 3.62. The van der Waals surface area contributed by atoms with Crippen LogP contribution in [0.15, 0.2) is 24.7 Å². The number of hydrogen-bond acceptors (Lipinski definition) is 2. The molecule has 2 heterocycles. The van der Waals surface area contributed by atoms with Gasteiger partial charge in [0.15, 0.2) is 5.65 Å². The highest BCUT2D eigenvalue weighted by molar-refractivity contribution is 5.48. The van der Waals surface area contributed by atoms with Crippen LogP contribution in [0.5, 0.6) is 0 Å². The van der Waals surface area contributed by atoms with Gasteiger partial charge >= 0.3 is 0 Å². The Balaban J connectivity index is 2.17. The van der Waals surface area contributed by atoms with Gasteiger partial charge < -0.3 is 0 Å². The standard InChI is InChI=1S/C10H11N3/c1-3-8(4-1)9-7-12-13-6-2-5-11-10(9)13/h2,5-8H,1,3-4H2. The van der Waals surface area contributed by atoms with E-state index < -0.39 is 0 Å². The molecule has 2 aromatic heterocycles. The summed E-state index contributed by atoms with van der Waals surface area (Å²) in [6, 6.07) is 1.91. The fourth-order valence-corrected chi connectivity index (χ4v) is 1.85. The first-order valence-corrected chi connectivity index (χ1v) is 4.73. The third kappa shape index (κ3) is 0.963. The topological polar surface area (TPSA) is 30.2 Å². The number of fused-ring (bicyclic) bond motifs is 1. The average molecular weight is 173 g/mol. The quantitative estimate of drug-likeness (QED) is 0.660. The van der Waals surface area contributed by atoms with Gasteiger partial charge in [0.1, 0.15) is 0 Å². The molecule has 13 heavy (non-hydrogen) atoms. The Labute approximate surface area is 76.4 Å². The lowest BCUT2D eigenvalue weighted by Gasteiger charge is -2.23. The molecule has 0 N–H and O–H groups in total. The summed E-state index contributed by atoms with van der Waals surface area (Å²) in [7, 11) is 0. The van der Waals surface area contributed by atoms with Crippen LogP contribution in [0, 0.1) is 0 Å². The minimum Gasteiger partial charge on any atom is -0.237 e. The predicted molar refractivity (Wildman–Crippen MR) is 49.6 cm³/mol. The second-order valence-corrected chi connectivity index (χ2v) is 3.62. The Kier molecular flexibility index (Phi) is 1.39. The molecule has 0 unspecified atom stereocenters. The van der Waals surface area contributed by atoms with Crippen LogP contribution < -0.4 is 0 Å². The van der Waals surface area contributed by atoms with Gasteiger partial charge in [-0.25, -0.2) is 9.50 Å². The van der Waals surface area contributed by atoms with Crippen LogP contribution in [0.2, 0.25) is 0 Å². The van der Waals surface area contributed by atoms with Crippen molar-refractivity contribution in [3.05, 3.63) is 30.2 Å². The van der Waals surface area contributed by atoms with Gasteiger partial charge in [0, 0.05) is 18.0 Å². The lowest BCUT2D eigenvalue weighted by Crippen LogP contribution is -2.08. The third-order valence-electron chi connectivity index (χ3n) is 2.85. The van der Waals surface area contributed by atoms with Gasteiger partial charge in [0.2, 0.25) is 0 Å². The van der Waals surface area contributed by atoms with Gasteiger partial charge in [-0.3, -0.25) is 0 Å². The van der Waals surface area contributed by atoms with Gasteiger partial charge in [-0.05, 0) is 24.8 Å². The Bertz CT molecular complexity index is 428. The van der Waals surface area contributed by atoms with Gasteiger partial charge in [-0.1, -0.05) is 6.42 Å². The van der Waals surface area contributed by atoms with Gasteiger partial charge in [0.05, 0.1) is 6.20 Å². The zero-order chi connectivity index (χ0) is 8.67. The largest absolute Gasteiger partial charge is 0.237 e. The van der Waals surface area contributed by atoms with Crippen molar-refractivity contribution in [1.82, 2.24) is 14.6 Å². The summed E-state index contributed by atoms with van der Waals surface area (Å²) in [6.07, 6.45) is 9.71. The molecule has 0 bridgehead atoms. The van der Waals surface area contributed by atoms with E-state index in [1.165, 1.54) is 24.8 Å². The number of rotatable bonds is 1. The maximum atomic E-state index is 4.34. The van der Waals surface area contributed by atoms with Crippen molar-refractivity contribution in [3.8, 4) is 0 Å². The van der Waals surface area contributed by atoms with Crippen molar-refractivity contribution in [1.29, 1.82) is 0 Å². The molecule has 0 saturated heterocycles. The summed E-state index contributed by atoms with van der Waals surface area (Å²) in [5, 5.41) is 4.28. The maximum Gasteiger partial charge on any atom is 0.158 e. The molecule has 0 aliphatic heterocycles. The van der Waals surface area contributed by atoms with Crippen LogP contribution in [-0.2, 0) is 0 Å². The van der Waals surface area contributed by atoms with Crippen molar-refractivity contribution < 1.29 is 0 Å². The van der Waals surface area contributed by atoms with Crippen LogP contribution in [0.3, 0.4) is 0 Å². The Hall–Kier alpha value is -1.38. The molecule has 0 atom stereocenters. The van der Waals surface area contributed by atoms with Gasteiger partial charge in [-0.2, -0.15) is 5.10 Å². The minimum atomic E-state index is 0.715. The fourth-order valence-electron chi connectivity index (χ4n) is 1.85. The molecule has 0 amide bonds. The van der Waals surface area contributed by atoms with E-state index in [2.05, 4.69) is 10.1 Å². The van der Waals surface area contributed by atoms with E-state index in [1.807, 2.05) is 29.2 Å². The molecule has 3 heteroatoms. The highest BCUT2D eigenvalue weighted by Gasteiger charge is 2.23. The minimum absolute atomic E-state index is 0.715. The monoisotopic (exact) mass is 173 g/mol. The van der Waals surface area contributed by atoms with E-state index in [0.717, 1.165) is 5.65 Å². The summed E-state index contributed by atoms with van der Waals surface area (Å²) >= 11 is 0. The molecule has 2 aromatic rings. The summed E-state index contributed by atoms with van der Waals surface area (Å²) in [5.74, 6) is 0.715. The molecule has 1 aliphatic carbocycles. The van der Waals surface area contributed by atoms with Gasteiger partial charge in [0.25, 0.3) is 0 Å². The SMILES string of the molecule is c1cnc2c(C3CCC3)cnn2c1. The summed E-state index contributed by atoms with van der Waals surface area (Å²) < 4.78 is 1.85. The van der Waals surface area contributed by atoms with Gasteiger partial charge in [-0.15, -0.1) is 0 Å². The molecule has 0 radical (unpaired) electrons. The lowest BCUT2D eigenvalue weighted by molar-refractivity contribution is 0.421. The molecular formula is C10H11N3. The zero-order valence-corrected chi connectivity index (χ0v) is 7.35. The normalized spacial score (nSPS) is 17.5. The van der Waals surface area contributed by atoms with E-state index in [0.29, 0.717) is 5.92 Å². The number of aromatic nitrogens is 3. The Morgan fingerprint density at radius 1 is 1.38 bits per heavy atom. The third-order valence-corrected chi connectivity index (χ3v) is 2.85. The maximum absolute atomic E-state index is 4.34. The number of nitrogens with zero attached hydrogens (tertiary/aromatic N) is 3. The van der Waals surface area contributed by atoms with Crippen molar-refractivity contribution in [2.75, 3.05) is 0 Å². The molecule has 66 valence electrons. The molecular weight excluding hydrogens is 162 g/mol. The molecule has 1 aliphatic rings. The lowest BCUT2D eigenvalue weighted by atomic mass is 9.81. The smallest absolute Gasteiger partial charge is 0.158 e. The van der Waals surface area contributed by atoms with E-state index in [4.69, 9.17) is 0 Å². The fraction of sp³-hybridized carbons (Fsp3) is 0.400. The predicted octanol–water partition coefficient (Wildman–Crippen LogP) is 2.00. The first-order valence-electron chi connectivity index (χ1n) is 4.73. The number of hydrogen-bond donors (Lipinski definition) is 0. The summed E-state index contributed by atoms with van der Waals surface area (Å²) in [4.78, 5) is 4.34. The first kappa shape index (κ1) is 7.06.